The standard InChI is InChI=1S/C17H20N4O2/c22-16(19-11-5-6-11)9-18-17(23)21-8-7-13-12-3-1-2-4-14(12)20-15(13)10-21/h1-4,11,20H,5-10H2,(H,18,23)(H,19,22). The quantitative estimate of drug-likeness (QED) is 0.803. The highest BCUT2D eigenvalue weighted by Crippen LogP contribution is 2.27. The molecule has 1 saturated carbocycles. The molecule has 120 valence electrons. The van der Waals surface area contributed by atoms with Gasteiger partial charge in [0.1, 0.15) is 0 Å². The third-order valence-corrected chi connectivity index (χ3v) is 4.51. The molecule has 1 aliphatic carbocycles. The molecule has 0 bridgehead atoms. The molecule has 23 heavy (non-hydrogen) atoms. The fourth-order valence-electron chi connectivity index (χ4n) is 3.14. The number of hydrogen-bond donors (Lipinski definition) is 3. The lowest BCUT2D eigenvalue weighted by atomic mass is 10.0. The summed E-state index contributed by atoms with van der Waals surface area (Å²) in [5.41, 5.74) is 3.51. The zero-order chi connectivity index (χ0) is 15.8. The van der Waals surface area contributed by atoms with Crippen LogP contribution in [0, 0.1) is 0 Å². The minimum absolute atomic E-state index is 0.0470. The highest BCUT2D eigenvalue weighted by Gasteiger charge is 2.25. The number of rotatable bonds is 3. The van der Waals surface area contributed by atoms with Crippen molar-refractivity contribution in [2.45, 2.75) is 31.8 Å². The Kier molecular flexibility index (Phi) is 3.44. The van der Waals surface area contributed by atoms with Crippen molar-refractivity contribution in [2.75, 3.05) is 13.1 Å². The normalized spacial score (nSPS) is 17.0. The van der Waals surface area contributed by atoms with E-state index >= 15 is 0 Å². The van der Waals surface area contributed by atoms with Crippen LogP contribution in [0.1, 0.15) is 24.1 Å². The van der Waals surface area contributed by atoms with Gasteiger partial charge in [-0.25, -0.2) is 4.79 Å². The molecule has 1 aliphatic heterocycles. The fourth-order valence-corrected chi connectivity index (χ4v) is 3.14. The number of urea groups is 1. The molecule has 2 aliphatic rings. The number of amides is 3. The van der Waals surface area contributed by atoms with Gasteiger partial charge in [-0.1, -0.05) is 18.2 Å². The predicted octanol–water partition coefficient (Wildman–Crippen LogP) is 1.51. The first-order valence-electron chi connectivity index (χ1n) is 8.11. The average molecular weight is 312 g/mol. The summed E-state index contributed by atoms with van der Waals surface area (Å²) >= 11 is 0. The van der Waals surface area contributed by atoms with Crippen LogP contribution in [0.5, 0.6) is 0 Å². The number of H-pyrrole nitrogens is 1. The lowest BCUT2D eigenvalue weighted by molar-refractivity contribution is -0.120. The van der Waals surface area contributed by atoms with Gasteiger partial charge in [0.25, 0.3) is 0 Å². The van der Waals surface area contributed by atoms with E-state index in [1.54, 1.807) is 4.90 Å². The summed E-state index contributed by atoms with van der Waals surface area (Å²) in [6.07, 6.45) is 2.94. The second-order valence-electron chi connectivity index (χ2n) is 6.30. The summed E-state index contributed by atoms with van der Waals surface area (Å²) in [5, 5.41) is 6.82. The van der Waals surface area contributed by atoms with Crippen LogP contribution in [0.3, 0.4) is 0 Å². The van der Waals surface area contributed by atoms with Gasteiger partial charge in [0.15, 0.2) is 0 Å². The van der Waals surface area contributed by atoms with Crippen molar-refractivity contribution in [3.8, 4) is 0 Å². The number of para-hydroxylation sites is 1. The van der Waals surface area contributed by atoms with Crippen molar-refractivity contribution in [3.05, 3.63) is 35.5 Å². The molecule has 3 N–H and O–H groups in total. The Bertz CT molecular complexity index is 763. The van der Waals surface area contributed by atoms with Crippen LogP contribution in [0.2, 0.25) is 0 Å². The molecule has 2 aromatic rings. The Morgan fingerprint density at radius 1 is 1.26 bits per heavy atom. The van der Waals surface area contributed by atoms with Crippen LogP contribution in [-0.2, 0) is 17.8 Å². The fraction of sp³-hybridized carbons (Fsp3) is 0.412. The largest absolute Gasteiger partial charge is 0.357 e. The van der Waals surface area contributed by atoms with Crippen molar-refractivity contribution in [1.82, 2.24) is 20.5 Å². The van der Waals surface area contributed by atoms with E-state index in [9.17, 15) is 9.59 Å². The minimum Gasteiger partial charge on any atom is -0.357 e. The van der Waals surface area contributed by atoms with Gasteiger partial charge in [-0.3, -0.25) is 4.79 Å². The molecule has 1 aromatic heterocycles. The molecule has 0 saturated heterocycles. The Labute approximate surface area is 134 Å². The molecular weight excluding hydrogens is 292 g/mol. The first kappa shape index (κ1) is 14.1. The van der Waals surface area contributed by atoms with E-state index < -0.39 is 0 Å². The summed E-state index contributed by atoms with van der Waals surface area (Å²) < 4.78 is 0. The van der Waals surface area contributed by atoms with Gasteiger partial charge in [0.05, 0.1) is 13.1 Å². The van der Waals surface area contributed by atoms with Gasteiger partial charge in [-0.15, -0.1) is 0 Å². The predicted molar refractivity (Wildman–Crippen MR) is 87.0 cm³/mol. The maximum absolute atomic E-state index is 12.2. The molecule has 0 atom stereocenters. The van der Waals surface area contributed by atoms with Crippen molar-refractivity contribution in [1.29, 1.82) is 0 Å². The molecule has 3 amide bonds. The van der Waals surface area contributed by atoms with Crippen LogP contribution in [0.25, 0.3) is 10.9 Å². The summed E-state index contributed by atoms with van der Waals surface area (Å²) in [6.45, 7) is 1.27. The van der Waals surface area contributed by atoms with Gasteiger partial charge in [0.2, 0.25) is 5.91 Å². The van der Waals surface area contributed by atoms with Crippen LogP contribution in [0.15, 0.2) is 24.3 Å². The molecule has 6 nitrogen and oxygen atoms in total. The van der Waals surface area contributed by atoms with E-state index in [4.69, 9.17) is 0 Å². The van der Waals surface area contributed by atoms with Gasteiger partial charge < -0.3 is 20.5 Å². The van der Waals surface area contributed by atoms with Gasteiger partial charge in [0, 0.05) is 29.2 Å². The van der Waals surface area contributed by atoms with Gasteiger partial charge >= 0.3 is 6.03 Å². The van der Waals surface area contributed by atoms with Crippen LogP contribution < -0.4 is 10.6 Å². The first-order chi connectivity index (χ1) is 11.2. The maximum atomic E-state index is 12.2. The number of fused-ring (bicyclic) bond motifs is 3. The van der Waals surface area contributed by atoms with E-state index in [2.05, 4.69) is 27.8 Å². The van der Waals surface area contributed by atoms with Crippen molar-refractivity contribution >= 4 is 22.8 Å². The Morgan fingerprint density at radius 3 is 2.91 bits per heavy atom. The van der Waals surface area contributed by atoms with E-state index in [1.807, 2.05) is 12.1 Å². The highest BCUT2D eigenvalue weighted by molar-refractivity contribution is 5.86. The second kappa shape index (κ2) is 5.61. The lowest BCUT2D eigenvalue weighted by Crippen LogP contribution is -2.46. The van der Waals surface area contributed by atoms with E-state index in [0.29, 0.717) is 19.1 Å². The summed E-state index contributed by atoms with van der Waals surface area (Å²) in [4.78, 5) is 29.0. The topological polar surface area (TPSA) is 77.2 Å². The summed E-state index contributed by atoms with van der Waals surface area (Å²) in [6, 6.07) is 8.35. The van der Waals surface area contributed by atoms with Crippen molar-refractivity contribution < 1.29 is 9.59 Å². The number of nitrogens with zero attached hydrogens (tertiary/aromatic N) is 1. The second-order valence-corrected chi connectivity index (χ2v) is 6.30. The average Bonchev–Trinajstić information content (AvgIpc) is 3.29. The number of nitrogens with one attached hydrogen (secondary N) is 3. The first-order valence-corrected chi connectivity index (χ1v) is 8.11. The third-order valence-electron chi connectivity index (χ3n) is 4.51. The molecule has 0 unspecified atom stereocenters. The van der Waals surface area contributed by atoms with E-state index in [0.717, 1.165) is 30.5 Å². The molecule has 2 heterocycles. The number of aromatic amines is 1. The van der Waals surface area contributed by atoms with E-state index in [1.165, 1.54) is 10.9 Å². The number of carbonyl (C=O) groups excluding carboxylic acids is 2. The zero-order valence-electron chi connectivity index (χ0n) is 12.9. The molecule has 1 aromatic carbocycles. The molecule has 6 heteroatoms. The van der Waals surface area contributed by atoms with E-state index in [-0.39, 0.29) is 18.5 Å². The molecule has 0 spiro atoms. The molecule has 1 fully saturated rings. The summed E-state index contributed by atoms with van der Waals surface area (Å²) in [7, 11) is 0. The maximum Gasteiger partial charge on any atom is 0.318 e. The van der Waals surface area contributed by atoms with Crippen LogP contribution in [-0.4, -0.2) is 41.0 Å². The zero-order valence-corrected chi connectivity index (χ0v) is 12.9. The van der Waals surface area contributed by atoms with Crippen molar-refractivity contribution in [2.24, 2.45) is 0 Å². The SMILES string of the molecule is O=C(CNC(=O)N1CCc2c([nH]c3ccccc23)C1)NC1CC1. The van der Waals surface area contributed by atoms with Gasteiger partial charge in [-0.05, 0) is 30.9 Å². The Hall–Kier alpha value is -2.50. The summed E-state index contributed by atoms with van der Waals surface area (Å²) in [5.74, 6) is -0.107. The number of aromatic nitrogens is 1. The molecule has 0 radical (unpaired) electrons. The smallest absolute Gasteiger partial charge is 0.318 e. The third kappa shape index (κ3) is 2.88. The number of benzene rings is 1. The van der Waals surface area contributed by atoms with Crippen LogP contribution >= 0.6 is 0 Å². The highest BCUT2D eigenvalue weighted by atomic mass is 16.2. The molecule has 4 rings (SSSR count). The Balaban J connectivity index is 1.39. The lowest BCUT2D eigenvalue weighted by Gasteiger charge is -2.27. The number of hydrogen-bond acceptors (Lipinski definition) is 2. The molecular formula is C17H20N4O2. The van der Waals surface area contributed by atoms with Crippen LogP contribution in [0.4, 0.5) is 4.79 Å². The van der Waals surface area contributed by atoms with Gasteiger partial charge in [-0.2, -0.15) is 0 Å². The Morgan fingerprint density at radius 2 is 2.09 bits per heavy atom. The monoisotopic (exact) mass is 312 g/mol. The minimum atomic E-state index is -0.180. The van der Waals surface area contributed by atoms with Crippen molar-refractivity contribution in [3.63, 3.8) is 0 Å². The number of carbonyl (C=O) groups is 2.